The van der Waals surface area contributed by atoms with Crippen molar-refractivity contribution in [1.29, 1.82) is 0 Å². The maximum absolute atomic E-state index is 14.3. The van der Waals surface area contributed by atoms with Gasteiger partial charge in [0.1, 0.15) is 17.3 Å². The molecule has 0 saturated carbocycles. The average molecular weight is 432 g/mol. The van der Waals surface area contributed by atoms with Gasteiger partial charge in [-0.2, -0.15) is 5.10 Å². The van der Waals surface area contributed by atoms with E-state index in [-0.39, 0.29) is 28.8 Å². The number of carbonyl (C=O) groups is 1. The van der Waals surface area contributed by atoms with Crippen molar-refractivity contribution in [1.82, 2.24) is 20.0 Å². The molecule has 4 rings (SSSR count). The number of nitrogens with zero attached hydrogens (tertiary/aromatic N) is 3. The first-order chi connectivity index (χ1) is 14.5. The van der Waals surface area contributed by atoms with E-state index in [0.29, 0.717) is 19.8 Å². The van der Waals surface area contributed by atoms with Gasteiger partial charge >= 0.3 is 0 Å². The zero-order valence-electron chi connectivity index (χ0n) is 16.5. The highest BCUT2D eigenvalue weighted by Crippen LogP contribution is 2.27. The fourth-order valence-electron chi connectivity index (χ4n) is 3.60. The van der Waals surface area contributed by atoms with Crippen LogP contribution in [0.25, 0.3) is 11.3 Å². The Labute approximate surface area is 177 Å². The van der Waals surface area contributed by atoms with E-state index in [1.54, 1.807) is 24.6 Å². The lowest BCUT2D eigenvalue weighted by atomic mass is 10.1. The van der Waals surface area contributed by atoms with Gasteiger partial charge in [-0.15, -0.1) is 11.3 Å². The second kappa shape index (κ2) is 9.03. The zero-order chi connectivity index (χ0) is 21.1. The Kier molecular flexibility index (Phi) is 6.21. The van der Waals surface area contributed by atoms with Gasteiger partial charge < -0.3 is 10.1 Å². The summed E-state index contributed by atoms with van der Waals surface area (Å²) in [6.45, 7) is 3.30. The summed E-state index contributed by atoms with van der Waals surface area (Å²) in [5.74, 6) is -1.79. The monoisotopic (exact) mass is 432 g/mol. The van der Waals surface area contributed by atoms with Gasteiger partial charge in [-0.1, -0.05) is 6.07 Å². The highest BCUT2D eigenvalue weighted by Gasteiger charge is 2.26. The number of thiophene rings is 1. The number of aryl methyl sites for hydroxylation is 1. The highest BCUT2D eigenvalue weighted by molar-refractivity contribution is 7.10. The number of aromatic nitrogens is 2. The molecule has 30 heavy (non-hydrogen) atoms. The van der Waals surface area contributed by atoms with Crippen LogP contribution in [0.5, 0.6) is 0 Å². The van der Waals surface area contributed by atoms with Crippen molar-refractivity contribution in [3.8, 4) is 11.3 Å². The molecular formula is C21H22F2N4O2S. The number of rotatable bonds is 6. The molecule has 3 aromatic rings. The van der Waals surface area contributed by atoms with Crippen LogP contribution in [0.4, 0.5) is 8.78 Å². The number of ether oxygens (including phenoxy) is 1. The second-order valence-corrected chi connectivity index (χ2v) is 8.06. The molecule has 0 spiro atoms. The largest absolute Gasteiger partial charge is 0.379 e. The van der Waals surface area contributed by atoms with Crippen molar-refractivity contribution in [3.63, 3.8) is 0 Å². The molecule has 1 amide bonds. The summed E-state index contributed by atoms with van der Waals surface area (Å²) in [6, 6.07) is 7.32. The molecule has 9 heteroatoms. The molecule has 0 aliphatic carbocycles. The van der Waals surface area contributed by atoms with E-state index in [1.165, 1.54) is 10.7 Å². The number of amides is 1. The summed E-state index contributed by atoms with van der Waals surface area (Å²) in [4.78, 5) is 16.4. The van der Waals surface area contributed by atoms with Crippen LogP contribution in [0, 0.1) is 11.6 Å². The van der Waals surface area contributed by atoms with E-state index < -0.39 is 11.6 Å². The lowest BCUT2D eigenvalue weighted by Gasteiger charge is -2.34. The molecule has 1 aliphatic heterocycles. The fourth-order valence-corrected chi connectivity index (χ4v) is 4.46. The fraction of sp³-hybridized carbons (Fsp3) is 0.333. The summed E-state index contributed by atoms with van der Waals surface area (Å²) in [5.41, 5.74) is 0.520. The molecule has 1 aromatic carbocycles. The Hall–Kier alpha value is -2.62. The minimum Gasteiger partial charge on any atom is -0.379 e. The molecule has 1 N–H and O–H groups in total. The molecule has 2 aromatic heterocycles. The molecule has 0 bridgehead atoms. The van der Waals surface area contributed by atoms with Crippen molar-refractivity contribution >= 4 is 17.2 Å². The van der Waals surface area contributed by atoms with E-state index in [9.17, 15) is 13.6 Å². The standard InChI is InChI=1S/C21H22F2N4O2S/c1-26-13-16(20(25-26)15-5-4-14(22)11-17(15)23)21(28)24-12-18(19-3-2-10-30-19)27-6-8-29-9-7-27/h2-5,10-11,13,18H,6-9,12H2,1H3,(H,24,28). The number of carbonyl (C=O) groups excluding carboxylic acids is 1. The summed E-state index contributed by atoms with van der Waals surface area (Å²) < 4.78 is 34.5. The maximum Gasteiger partial charge on any atom is 0.255 e. The Bertz CT molecular complexity index is 1020. The number of nitrogens with one attached hydrogen (secondary N) is 1. The molecule has 1 unspecified atom stereocenters. The van der Waals surface area contributed by atoms with Gasteiger partial charge in [0.05, 0.1) is 24.8 Å². The first-order valence-corrected chi connectivity index (χ1v) is 10.5. The molecule has 1 aliphatic rings. The quantitative estimate of drug-likeness (QED) is 0.650. The van der Waals surface area contributed by atoms with Gasteiger partial charge in [-0.25, -0.2) is 8.78 Å². The molecule has 3 heterocycles. The van der Waals surface area contributed by atoms with E-state index in [0.717, 1.165) is 30.1 Å². The molecule has 1 saturated heterocycles. The van der Waals surface area contributed by atoms with Crippen LogP contribution in [0.15, 0.2) is 41.9 Å². The van der Waals surface area contributed by atoms with Crippen LogP contribution in [0.1, 0.15) is 21.3 Å². The molecule has 1 fully saturated rings. The highest BCUT2D eigenvalue weighted by atomic mass is 32.1. The Morgan fingerprint density at radius 3 is 2.80 bits per heavy atom. The summed E-state index contributed by atoms with van der Waals surface area (Å²) in [6.07, 6.45) is 1.54. The lowest BCUT2D eigenvalue weighted by Crippen LogP contribution is -2.43. The first-order valence-electron chi connectivity index (χ1n) is 9.65. The SMILES string of the molecule is Cn1cc(C(=O)NCC(c2cccs2)N2CCOCC2)c(-c2ccc(F)cc2F)n1. The van der Waals surface area contributed by atoms with Gasteiger partial charge in [0, 0.05) is 49.4 Å². The number of morpholine rings is 1. The van der Waals surface area contributed by atoms with Gasteiger partial charge in [0.2, 0.25) is 0 Å². The van der Waals surface area contributed by atoms with Gasteiger partial charge in [0.25, 0.3) is 5.91 Å². The third-order valence-electron chi connectivity index (χ3n) is 5.07. The summed E-state index contributed by atoms with van der Waals surface area (Å²) in [5, 5.41) is 9.22. The predicted octanol–water partition coefficient (Wildman–Crippen LogP) is 3.23. The average Bonchev–Trinajstić information content (AvgIpc) is 3.39. The number of hydrogen-bond acceptors (Lipinski definition) is 5. The van der Waals surface area contributed by atoms with Crippen molar-refractivity contribution in [2.24, 2.45) is 7.05 Å². The number of halogens is 2. The maximum atomic E-state index is 14.3. The van der Waals surface area contributed by atoms with Crippen LogP contribution < -0.4 is 5.32 Å². The van der Waals surface area contributed by atoms with E-state index in [4.69, 9.17) is 4.74 Å². The van der Waals surface area contributed by atoms with E-state index >= 15 is 0 Å². The third kappa shape index (κ3) is 4.43. The summed E-state index contributed by atoms with van der Waals surface area (Å²) >= 11 is 1.64. The molecular weight excluding hydrogens is 410 g/mol. The molecule has 1 atom stereocenters. The lowest BCUT2D eigenvalue weighted by molar-refractivity contribution is 0.0169. The van der Waals surface area contributed by atoms with Crippen LogP contribution >= 0.6 is 11.3 Å². The Balaban J connectivity index is 1.55. The second-order valence-electron chi connectivity index (χ2n) is 7.08. The number of hydrogen-bond donors (Lipinski definition) is 1. The van der Waals surface area contributed by atoms with Gasteiger partial charge in [-0.05, 0) is 23.6 Å². The van der Waals surface area contributed by atoms with E-state index in [2.05, 4.69) is 21.4 Å². The number of benzene rings is 1. The van der Waals surface area contributed by atoms with Crippen molar-refractivity contribution in [2.75, 3.05) is 32.8 Å². The first kappa shape index (κ1) is 20.6. The third-order valence-corrected chi connectivity index (χ3v) is 6.05. The predicted molar refractivity (Wildman–Crippen MR) is 110 cm³/mol. The van der Waals surface area contributed by atoms with Crippen LogP contribution in [0.3, 0.4) is 0 Å². The summed E-state index contributed by atoms with van der Waals surface area (Å²) in [7, 11) is 1.66. The van der Waals surface area contributed by atoms with Gasteiger partial charge in [0.15, 0.2) is 0 Å². The normalized spacial score (nSPS) is 15.8. The van der Waals surface area contributed by atoms with Crippen LogP contribution in [-0.2, 0) is 11.8 Å². The minimum absolute atomic E-state index is 0.0283. The van der Waals surface area contributed by atoms with E-state index in [1.807, 2.05) is 11.4 Å². The van der Waals surface area contributed by atoms with Crippen molar-refractivity contribution in [2.45, 2.75) is 6.04 Å². The van der Waals surface area contributed by atoms with Crippen LogP contribution in [0.2, 0.25) is 0 Å². The Morgan fingerprint density at radius 2 is 2.10 bits per heavy atom. The molecule has 6 nitrogen and oxygen atoms in total. The van der Waals surface area contributed by atoms with Gasteiger partial charge in [-0.3, -0.25) is 14.4 Å². The Morgan fingerprint density at radius 1 is 1.30 bits per heavy atom. The van der Waals surface area contributed by atoms with Crippen molar-refractivity contribution in [3.05, 3.63) is 64.0 Å². The zero-order valence-corrected chi connectivity index (χ0v) is 17.3. The minimum atomic E-state index is -0.757. The smallest absolute Gasteiger partial charge is 0.255 e. The van der Waals surface area contributed by atoms with Crippen molar-refractivity contribution < 1.29 is 18.3 Å². The van der Waals surface area contributed by atoms with Crippen LogP contribution in [-0.4, -0.2) is 53.4 Å². The molecule has 158 valence electrons. The molecule has 0 radical (unpaired) electrons. The topological polar surface area (TPSA) is 59.4 Å².